The Bertz CT molecular complexity index is 599. The lowest BCUT2D eigenvalue weighted by atomic mass is 9.80. The number of ether oxygens (including phenoxy) is 1. The van der Waals surface area contributed by atoms with Gasteiger partial charge in [-0.05, 0) is 16.4 Å². The first-order chi connectivity index (χ1) is 9.05. The summed E-state index contributed by atoms with van der Waals surface area (Å²) in [6.45, 7) is 14.8. The van der Waals surface area contributed by atoms with Crippen molar-refractivity contribution in [1.29, 1.82) is 0 Å². The van der Waals surface area contributed by atoms with Gasteiger partial charge < -0.3 is 4.74 Å². The maximum Gasteiger partial charge on any atom is 0.608 e. The SMILES string of the molecule is C/C=[N+]1/C(=O)Oc2c1cc(C(C)(C)C)cc2C(C)(C)C. The fourth-order valence-electron chi connectivity index (χ4n) is 2.37. The van der Waals surface area contributed by atoms with Gasteiger partial charge in [0.1, 0.15) is 0 Å². The van der Waals surface area contributed by atoms with Gasteiger partial charge in [0.25, 0.3) is 5.69 Å². The third-order valence-electron chi connectivity index (χ3n) is 3.65. The highest BCUT2D eigenvalue weighted by molar-refractivity contribution is 5.80. The van der Waals surface area contributed by atoms with Crippen LogP contribution >= 0.6 is 0 Å². The Morgan fingerprint density at radius 2 is 1.65 bits per heavy atom. The molecule has 20 heavy (non-hydrogen) atoms. The van der Waals surface area contributed by atoms with Gasteiger partial charge in [-0.15, -0.1) is 0 Å². The highest BCUT2D eigenvalue weighted by Crippen LogP contribution is 2.45. The van der Waals surface area contributed by atoms with Crippen molar-refractivity contribution in [3.05, 3.63) is 23.3 Å². The molecule has 2 rings (SSSR count). The number of nitrogens with zero attached hydrogens (tertiary/aromatic N) is 1. The van der Waals surface area contributed by atoms with Crippen molar-refractivity contribution < 1.29 is 14.1 Å². The number of hydrogen-bond acceptors (Lipinski definition) is 2. The maximum absolute atomic E-state index is 12.0. The molecule has 1 aliphatic rings. The van der Waals surface area contributed by atoms with E-state index in [-0.39, 0.29) is 16.9 Å². The van der Waals surface area contributed by atoms with E-state index in [0.29, 0.717) is 5.75 Å². The van der Waals surface area contributed by atoms with Gasteiger partial charge >= 0.3 is 6.09 Å². The largest absolute Gasteiger partial charge is 0.608 e. The molecule has 0 spiro atoms. The molecule has 3 heteroatoms. The minimum atomic E-state index is -0.320. The van der Waals surface area contributed by atoms with Crippen LogP contribution in [0.15, 0.2) is 12.1 Å². The molecular formula is C17H24NO2+. The van der Waals surface area contributed by atoms with E-state index in [0.717, 1.165) is 11.3 Å². The average molecular weight is 274 g/mol. The number of hydrogen-bond donors (Lipinski definition) is 0. The summed E-state index contributed by atoms with van der Waals surface area (Å²) in [6, 6.07) is 4.24. The van der Waals surface area contributed by atoms with Crippen LogP contribution in [0.1, 0.15) is 59.6 Å². The Labute approximate surface area is 121 Å². The quantitative estimate of drug-likeness (QED) is 0.650. The number of benzene rings is 1. The summed E-state index contributed by atoms with van der Waals surface area (Å²) in [5, 5.41) is 0. The van der Waals surface area contributed by atoms with Gasteiger partial charge in [0.2, 0.25) is 5.75 Å². The summed E-state index contributed by atoms with van der Waals surface area (Å²) in [5.74, 6) is 0.702. The maximum atomic E-state index is 12.0. The number of amides is 1. The van der Waals surface area contributed by atoms with Crippen LogP contribution in [-0.4, -0.2) is 16.9 Å². The zero-order chi connectivity index (χ0) is 15.3. The van der Waals surface area contributed by atoms with Crippen LogP contribution in [0.2, 0.25) is 0 Å². The monoisotopic (exact) mass is 274 g/mol. The molecule has 0 radical (unpaired) electrons. The van der Waals surface area contributed by atoms with E-state index in [4.69, 9.17) is 4.74 Å². The minimum absolute atomic E-state index is 0.0279. The predicted molar refractivity (Wildman–Crippen MR) is 81.5 cm³/mol. The fourth-order valence-corrected chi connectivity index (χ4v) is 2.37. The predicted octanol–water partition coefficient (Wildman–Crippen LogP) is 4.53. The van der Waals surface area contributed by atoms with Gasteiger partial charge in [-0.1, -0.05) is 52.2 Å². The third kappa shape index (κ3) is 2.37. The Balaban J connectivity index is 2.79. The summed E-state index contributed by atoms with van der Waals surface area (Å²) < 4.78 is 7.07. The van der Waals surface area contributed by atoms with Crippen molar-refractivity contribution in [2.45, 2.75) is 59.3 Å². The van der Waals surface area contributed by atoms with Gasteiger partial charge in [0, 0.05) is 18.6 Å². The Morgan fingerprint density at radius 1 is 1.05 bits per heavy atom. The molecule has 0 aromatic heterocycles. The lowest BCUT2D eigenvalue weighted by Gasteiger charge is -2.25. The van der Waals surface area contributed by atoms with Crippen molar-refractivity contribution in [3.8, 4) is 5.75 Å². The van der Waals surface area contributed by atoms with Crippen LogP contribution in [0, 0.1) is 0 Å². The van der Waals surface area contributed by atoms with Crippen LogP contribution in [0.5, 0.6) is 5.75 Å². The minimum Gasteiger partial charge on any atom is -0.365 e. The second-order valence-corrected chi connectivity index (χ2v) is 7.37. The highest BCUT2D eigenvalue weighted by Gasteiger charge is 2.41. The van der Waals surface area contributed by atoms with Crippen LogP contribution in [-0.2, 0) is 10.8 Å². The zero-order valence-electron chi connectivity index (χ0n) is 13.5. The Hall–Kier alpha value is -1.64. The molecule has 1 aromatic rings. The van der Waals surface area contributed by atoms with Crippen molar-refractivity contribution in [2.75, 3.05) is 0 Å². The van der Waals surface area contributed by atoms with Crippen LogP contribution < -0.4 is 4.74 Å². The first kappa shape index (κ1) is 14.8. The van der Waals surface area contributed by atoms with Gasteiger partial charge in [-0.3, -0.25) is 0 Å². The molecule has 1 amide bonds. The molecule has 1 aliphatic heterocycles. The summed E-state index contributed by atoms with van der Waals surface area (Å²) in [6.07, 6.45) is 1.44. The molecular weight excluding hydrogens is 250 g/mol. The number of rotatable bonds is 0. The van der Waals surface area contributed by atoms with Crippen LogP contribution in [0.25, 0.3) is 0 Å². The zero-order valence-corrected chi connectivity index (χ0v) is 13.5. The standard InChI is InChI=1S/C17H24NO2/c1-8-18-13-10-11(16(2,3)4)9-12(17(5,6)7)14(13)20-15(18)19/h8-10H,1-7H3/q+1/b18-8+. The summed E-state index contributed by atoms with van der Waals surface area (Å²) >= 11 is 0. The Morgan fingerprint density at radius 3 is 2.10 bits per heavy atom. The molecule has 1 aromatic carbocycles. The molecule has 3 nitrogen and oxygen atoms in total. The number of fused-ring (bicyclic) bond motifs is 1. The lowest BCUT2D eigenvalue weighted by Crippen LogP contribution is -2.17. The van der Waals surface area contributed by atoms with E-state index in [9.17, 15) is 4.79 Å². The molecule has 0 bridgehead atoms. The molecule has 108 valence electrons. The molecule has 0 N–H and O–H groups in total. The third-order valence-corrected chi connectivity index (χ3v) is 3.65. The van der Waals surface area contributed by atoms with Crippen molar-refractivity contribution >= 4 is 18.0 Å². The summed E-state index contributed by atoms with van der Waals surface area (Å²) in [4.78, 5) is 12.0. The molecule has 1 heterocycles. The van der Waals surface area contributed by atoms with Gasteiger partial charge in [0.05, 0.1) is 0 Å². The normalized spacial score (nSPS) is 17.4. The molecule has 0 aliphatic carbocycles. The smallest absolute Gasteiger partial charge is 0.365 e. The summed E-state index contributed by atoms with van der Waals surface area (Å²) in [5.41, 5.74) is 3.11. The lowest BCUT2D eigenvalue weighted by molar-refractivity contribution is -0.329. The molecule has 0 unspecified atom stereocenters. The summed E-state index contributed by atoms with van der Waals surface area (Å²) in [7, 11) is 0. The van der Waals surface area contributed by atoms with E-state index in [1.54, 1.807) is 10.8 Å². The van der Waals surface area contributed by atoms with Gasteiger partial charge in [-0.25, -0.2) is 0 Å². The van der Waals surface area contributed by atoms with E-state index in [1.807, 2.05) is 6.92 Å². The fraction of sp³-hybridized carbons (Fsp3) is 0.529. The molecule has 0 fully saturated rings. The number of carbonyl (C=O) groups excluding carboxylic acids is 1. The highest BCUT2D eigenvalue weighted by atomic mass is 16.6. The van der Waals surface area contributed by atoms with Crippen molar-refractivity contribution in [3.63, 3.8) is 0 Å². The first-order valence-corrected chi connectivity index (χ1v) is 7.05. The van der Waals surface area contributed by atoms with E-state index < -0.39 is 0 Å². The van der Waals surface area contributed by atoms with Crippen LogP contribution in [0.3, 0.4) is 0 Å². The Kier molecular flexibility index (Phi) is 3.28. The van der Waals surface area contributed by atoms with E-state index >= 15 is 0 Å². The molecule has 0 saturated heterocycles. The number of carbonyl (C=O) groups is 1. The van der Waals surface area contributed by atoms with Crippen molar-refractivity contribution in [1.82, 2.24) is 0 Å². The van der Waals surface area contributed by atoms with Crippen molar-refractivity contribution in [2.24, 2.45) is 0 Å². The molecule has 0 saturated carbocycles. The van der Waals surface area contributed by atoms with E-state index in [2.05, 4.69) is 53.7 Å². The van der Waals surface area contributed by atoms with Gasteiger partial charge in [0.15, 0.2) is 6.21 Å². The second kappa shape index (κ2) is 4.44. The average Bonchev–Trinajstić information content (AvgIpc) is 2.60. The topological polar surface area (TPSA) is 29.3 Å². The van der Waals surface area contributed by atoms with E-state index in [1.165, 1.54) is 5.56 Å². The second-order valence-electron chi connectivity index (χ2n) is 7.37. The van der Waals surface area contributed by atoms with Crippen LogP contribution in [0.4, 0.5) is 10.5 Å². The molecule has 0 atom stereocenters. The van der Waals surface area contributed by atoms with Gasteiger partial charge in [-0.2, -0.15) is 4.79 Å². The first-order valence-electron chi connectivity index (χ1n) is 7.05.